The standard InChI is InChI=1S/C21H25NO2/c1-14-7-12-18-19(13-14)21(24)22(20(18)23)17-10-8-16(9-11-17)15-5-3-2-4-6-15/h7-11,15,18-19H,2-6,12-13H2,1H3. The van der Waals surface area contributed by atoms with Gasteiger partial charge in [-0.05, 0) is 56.2 Å². The van der Waals surface area contributed by atoms with Crippen molar-refractivity contribution in [1.82, 2.24) is 0 Å². The van der Waals surface area contributed by atoms with Crippen LogP contribution in [0.3, 0.4) is 0 Å². The van der Waals surface area contributed by atoms with Crippen LogP contribution in [0.5, 0.6) is 0 Å². The van der Waals surface area contributed by atoms with Gasteiger partial charge in [0.15, 0.2) is 0 Å². The van der Waals surface area contributed by atoms with Gasteiger partial charge in [-0.15, -0.1) is 0 Å². The number of carbonyl (C=O) groups excluding carboxylic acids is 2. The molecular weight excluding hydrogens is 298 g/mol. The molecule has 2 atom stereocenters. The van der Waals surface area contributed by atoms with E-state index in [0.717, 1.165) is 12.1 Å². The Labute approximate surface area is 143 Å². The average molecular weight is 323 g/mol. The molecule has 2 fully saturated rings. The highest BCUT2D eigenvalue weighted by atomic mass is 16.2. The maximum absolute atomic E-state index is 12.8. The summed E-state index contributed by atoms with van der Waals surface area (Å²) in [4.78, 5) is 26.9. The summed E-state index contributed by atoms with van der Waals surface area (Å²) in [5, 5.41) is 0. The molecule has 3 nitrogen and oxygen atoms in total. The fourth-order valence-electron chi connectivity index (χ4n) is 4.62. The number of hydrogen-bond acceptors (Lipinski definition) is 2. The maximum Gasteiger partial charge on any atom is 0.238 e. The molecule has 0 N–H and O–H groups in total. The predicted molar refractivity (Wildman–Crippen MR) is 94.7 cm³/mol. The molecule has 3 aliphatic rings. The second-order valence-electron chi connectivity index (χ2n) is 7.64. The quantitative estimate of drug-likeness (QED) is 0.590. The van der Waals surface area contributed by atoms with Crippen molar-refractivity contribution in [2.45, 2.75) is 57.8 Å². The van der Waals surface area contributed by atoms with Gasteiger partial charge in [0, 0.05) is 0 Å². The minimum Gasteiger partial charge on any atom is -0.274 e. The van der Waals surface area contributed by atoms with Crippen molar-refractivity contribution >= 4 is 17.5 Å². The van der Waals surface area contributed by atoms with Crippen LogP contribution in [0.25, 0.3) is 0 Å². The number of rotatable bonds is 2. The van der Waals surface area contributed by atoms with Gasteiger partial charge in [0.2, 0.25) is 11.8 Å². The number of nitrogens with zero attached hydrogens (tertiary/aromatic N) is 1. The molecule has 2 unspecified atom stereocenters. The molecule has 24 heavy (non-hydrogen) atoms. The summed E-state index contributed by atoms with van der Waals surface area (Å²) in [5.74, 6) is 0.314. The zero-order chi connectivity index (χ0) is 16.7. The van der Waals surface area contributed by atoms with E-state index in [1.54, 1.807) is 0 Å². The molecule has 0 aromatic heterocycles. The van der Waals surface area contributed by atoms with Crippen LogP contribution >= 0.6 is 0 Å². The molecule has 1 saturated carbocycles. The second-order valence-corrected chi connectivity index (χ2v) is 7.64. The summed E-state index contributed by atoms with van der Waals surface area (Å²) in [6.07, 6.45) is 10.0. The van der Waals surface area contributed by atoms with Crippen molar-refractivity contribution in [3.63, 3.8) is 0 Å². The molecule has 1 aromatic carbocycles. The van der Waals surface area contributed by atoms with Gasteiger partial charge >= 0.3 is 0 Å². The molecule has 1 heterocycles. The van der Waals surface area contributed by atoms with E-state index in [1.807, 2.05) is 12.1 Å². The molecular formula is C21H25NO2. The highest BCUT2D eigenvalue weighted by molar-refractivity contribution is 6.22. The molecule has 1 saturated heterocycles. The molecule has 1 aromatic rings. The molecule has 126 valence electrons. The van der Waals surface area contributed by atoms with Crippen molar-refractivity contribution in [2.75, 3.05) is 4.90 Å². The van der Waals surface area contributed by atoms with Crippen LogP contribution in [0, 0.1) is 11.8 Å². The molecule has 2 amide bonds. The van der Waals surface area contributed by atoms with E-state index in [4.69, 9.17) is 0 Å². The van der Waals surface area contributed by atoms with Crippen molar-refractivity contribution in [1.29, 1.82) is 0 Å². The van der Waals surface area contributed by atoms with Crippen molar-refractivity contribution in [3.05, 3.63) is 41.5 Å². The van der Waals surface area contributed by atoms with Gasteiger partial charge in [-0.3, -0.25) is 14.5 Å². The number of allylic oxidation sites excluding steroid dienone is 2. The number of anilines is 1. The van der Waals surface area contributed by atoms with Crippen LogP contribution in [0.2, 0.25) is 0 Å². The smallest absolute Gasteiger partial charge is 0.238 e. The molecule has 0 bridgehead atoms. The lowest BCUT2D eigenvalue weighted by Crippen LogP contribution is -2.30. The highest BCUT2D eigenvalue weighted by Crippen LogP contribution is 2.40. The van der Waals surface area contributed by atoms with E-state index in [0.29, 0.717) is 12.3 Å². The lowest BCUT2D eigenvalue weighted by Gasteiger charge is -2.23. The summed E-state index contributed by atoms with van der Waals surface area (Å²) in [6, 6.07) is 8.18. The number of fused-ring (bicyclic) bond motifs is 1. The normalized spacial score (nSPS) is 28.0. The average Bonchev–Trinajstić information content (AvgIpc) is 2.86. The first-order valence-corrected chi connectivity index (χ1v) is 9.28. The van der Waals surface area contributed by atoms with Crippen LogP contribution in [0.15, 0.2) is 35.9 Å². The van der Waals surface area contributed by atoms with Gasteiger partial charge in [0.1, 0.15) is 0 Å². The number of benzene rings is 1. The summed E-state index contributed by atoms with van der Waals surface area (Å²) < 4.78 is 0. The molecule has 4 rings (SSSR count). The number of amides is 2. The highest BCUT2D eigenvalue weighted by Gasteiger charge is 2.48. The topological polar surface area (TPSA) is 37.4 Å². The van der Waals surface area contributed by atoms with Crippen molar-refractivity contribution in [3.8, 4) is 0 Å². The largest absolute Gasteiger partial charge is 0.274 e. The number of carbonyl (C=O) groups is 2. The summed E-state index contributed by atoms with van der Waals surface area (Å²) in [6.45, 7) is 2.05. The second kappa shape index (κ2) is 6.19. The third-order valence-corrected chi connectivity index (χ3v) is 6.05. The van der Waals surface area contributed by atoms with Gasteiger partial charge in [-0.2, -0.15) is 0 Å². The van der Waals surface area contributed by atoms with E-state index in [-0.39, 0.29) is 23.7 Å². The van der Waals surface area contributed by atoms with E-state index in [9.17, 15) is 9.59 Å². The summed E-state index contributed by atoms with van der Waals surface area (Å²) in [5.41, 5.74) is 3.33. The Hall–Kier alpha value is -1.90. The van der Waals surface area contributed by atoms with E-state index < -0.39 is 0 Å². The molecule has 3 heteroatoms. The summed E-state index contributed by atoms with van der Waals surface area (Å²) in [7, 11) is 0. The summed E-state index contributed by atoms with van der Waals surface area (Å²) >= 11 is 0. The molecule has 2 aliphatic carbocycles. The first kappa shape index (κ1) is 15.6. The van der Waals surface area contributed by atoms with Crippen LogP contribution in [-0.2, 0) is 9.59 Å². The zero-order valence-corrected chi connectivity index (χ0v) is 14.3. The first-order valence-electron chi connectivity index (χ1n) is 9.28. The first-order chi connectivity index (χ1) is 11.6. The Morgan fingerprint density at radius 1 is 0.917 bits per heavy atom. The van der Waals surface area contributed by atoms with Gasteiger partial charge in [-0.25, -0.2) is 0 Å². The molecule has 0 radical (unpaired) electrons. The van der Waals surface area contributed by atoms with Crippen LogP contribution in [-0.4, -0.2) is 11.8 Å². The van der Waals surface area contributed by atoms with E-state index in [1.165, 1.54) is 48.1 Å². The minimum absolute atomic E-state index is 0.0112. The minimum atomic E-state index is -0.153. The van der Waals surface area contributed by atoms with Crippen molar-refractivity contribution in [2.24, 2.45) is 11.8 Å². The number of imide groups is 1. The van der Waals surface area contributed by atoms with Gasteiger partial charge in [0.05, 0.1) is 17.5 Å². The van der Waals surface area contributed by atoms with E-state index in [2.05, 4.69) is 25.1 Å². The van der Waals surface area contributed by atoms with Crippen LogP contribution in [0.4, 0.5) is 5.69 Å². The Bertz CT molecular complexity index is 682. The van der Waals surface area contributed by atoms with Gasteiger partial charge < -0.3 is 0 Å². The van der Waals surface area contributed by atoms with Crippen LogP contribution < -0.4 is 4.90 Å². The third kappa shape index (κ3) is 2.60. The fourth-order valence-corrected chi connectivity index (χ4v) is 4.62. The van der Waals surface area contributed by atoms with E-state index >= 15 is 0 Å². The fraction of sp³-hybridized carbons (Fsp3) is 0.524. The van der Waals surface area contributed by atoms with Crippen molar-refractivity contribution < 1.29 is 9.59 Å². The zero-order valence-electron chi connectivity index (χ0n) is 14.3. The maximum atomic E-state index is 12.8. The van der Waals surface area contributed by atoms with Crippen LogP contribution in [0.1, 0.15) is 63.4 Å². The lowest BCUT2D eigenvalue weighted by atomic mass is 9.82. The Balaban J connectivity index is 1.55. The Morgan fingerprint density at radius 3 is 2.29 bits per heavy atom. The number of hydrogen-bond donors (Lipinski definition) is 0. The monoisotopic (exact) mass is 323 g/mol. The molecule has 0 spiro atoms. The van der Waals surface area contributed by atoms with Gasteiger partial charge in [0.25, 0.3) is 0 Å². The third-order valence-electron chi connectivity index (χ3n) is 6.05. The predicted octanol–water partition coefficient (Wildman–Crippen LogP) is 4.58. The Kier molecular flexibility index (Phi) is 4.03. The molecule has 1 aliphatic heterocycles. The lowest BCUT2D eigenvalue weighted by molar-refractivity contribution is -0.122. The Morgan fingerprint density at radius 2 is 1.58 bits per heavy atom. The van der Waals surface area contributed by atoms with Gasteiger partial charge in [-0.1, -0.05) is 43.0 Å². The SMILES string of the molecule is CC1=CCC2C(=O)N(c3ccc(C4CCCCC4)cc3)C(=O)C2C1.